The van der Waals surface area contributed by atoms with E-state index in [1.807, 2.05) is 6.33 Å². The fraction of sp³-hybridized carbons (Fsp3) is 0.818. The number of hydrogen-bond donors (Lipinski definition) is 1. The van der Waals surface area contributed by atoms with Crippen molar-refractivity contribution in [2.24, 2.45) is 5.41 Å². The van der Waals surface area contributed by atoms with Gasteiger partial charge in [-0.1, -0.05) is 6.92 Å². The van der Waals surface area contributed by atoms with Crippen molar-refractivity contribution in [1.82, 2.24) is 25.0 Å². The van der Waals surface area contributed by atoms with Crippen molar-refractivity contribution in [3.63, 3.8) is 0 Å². The van der Waals surface area contributed by atoms with Gasteiger partial charge in [0.25, 0.3) is 0 Å². The van der Waals surface area contributed by atoms with Gasteiger partial charge in [0.15, 0.2) is 0 Å². The first-order chi connectivity index (χ1) is 7.75. The van der Waals surface area contributed by atoms with Gasteiger partial charge in [-0.25, -0.2) is 0 Å². The second kappa shape index (κ2) is 3.82. The molecule has 1 aromatic rings. The minimum atomic E-state index is 0.447. The third-order valence-electron chi connectivity index (χ3n) is 3.78. The maximum atomic E-state index is 4.16. The Morgan fingerprint density at radius 2 is 2.44 bits per heavy atom. The first kappa shape index (κ1) is 10.2. The third kappa shape index (κ3) is 1.85. The van der Waals surface area contributed by atoms with Gasteiger partial charge >= 0.3 is 0 Å². The zero-order valence-electron chi connectivity index (χ0n) is 9.82. The van der Waals surface area contributed by atoms with Crippen LogP contribution in [0.15, 0.2) is 6.33 Å². The third-order valence-corrected chi connectivity index (χ3v) is 3.78. The highest BCUT2D eigenvalue weighted by Crippen LogP contribution is 2.26. The van der Waals surface area contributed by atoms with Crippen LogP contribution < -0.4 is 5.32 Å². The lowest BCUT2D eigenvalue weighted by molar-refractivity contribution is 0.144. The fourth-order valence-corrected chi connectivity index (χ4v) is 2.79. The van der Waals surface area contributed by atoms with E-state index in [0.717, 1.165) is 32.0 Å². The van der Waals surface area contributed by atoms with Crippen molar-refractivity contribution in [3.8, 4) is 0 Å². The van der Waals surface area contributed by atoms with E-state index in [1.54, 1.807) is 0 Å². The maximum Gasteiger partial charge on any atom is 0.147 e. The smallest absolute Gasteiger partial charge is 0.147 e. The van der Waals surface area contributed by atoms with Gasteiger partial charge < -0.3 is 9.88 Å². The molecule has 1 N–H and O–H groups in total. The fourth-order valence-electron chi connectivity index (χ4n) is 2.79. The van der Waals surface area contributed by atoms with Crippen molar-refractivity contribution in [3.05, 3.63) is 12.2 Å². The topological polar surface area (TPSA) is 46.0 Å². The van der Waals surface area contributed by atoms with Gasteiger partial charge in [-0.2, -0.15) is 0 Å². The quantitative estimate of drug-likeness (QED) is 0.769. The Labute approximate surface area is 95.8 Å². The summed E-state index contributed by atoms with van der Waals surface area (Å²) in [5.74, 6) is 1.11. The van der Waals surface area contributed by atoms with Gasteiger partial charge in [-0.05, 0) is 18.4 Å². The summed E-state index contributed by atoms with van der Waals surface area (Å²) < 4.78 is 2.16. The molecule has 2 aliphatic heterocycles. The molecule has 0 spiro atoms. The van der Waals surface area contributed by atoms with Crippen LogP contribution in [-0.2, 0) is 13.1 Å². The number of fused-ring (bicyclic) bond motifs is 1. The average Bonchev–Trinajstić information content (AvgIpc) is 2.86. The van der Waals surface area contributed by atoms with Crippen molar-refractivity contribution in [2.45, 2.75) is 26.4 Å². The second-order valence-corrected chi connectivity index (χ2v) is 5.39. The second-order valence-electron chi connectivity index (χ2n) is 5.39. The highest BCUT2D eigenvalue weighted by Gasteiger charge is 2.31. The lowest BCUT2D eigenvalue weighted by Gasteiger charge is -2.34. The van der Waals surface area contributed by atoms with Crippen molar-refractivity contribution in [2.75, 3.05) is 26.2 Å². The van der Waals surface area contributed by atoms with Gasteiger partial charge in [0.2, 0.25) is 0 Å². The van der Waals surface area contributed by atoms with Crippen molar-refractivity contribution < 1.29 is 0 Å². The number of nitrogens with zero attached hydrogens (tertiary/aromatic N) is 4. The lowest BCUT2D eigenvalue weighted by atomic mass is 9.89. The molecular formula is C11H19N5. The number of aromatic nitrogens is 3. The minimum Gasteiger partial charge on any atom is -0.316 e. The van der Waals surface area contributed by atoms with Crippen LogP contribution in [0.2, 0.25) is 0 Å². The summed E-state index contributed by atoms with van der Waals surface area (Å²) in [5.41, 5.74) is 0.447. The molecule has 3 heterocycles. The van der Waals surface area contributed by atoms with Crippen LogP contribution in [0.5, 0.6) is 0 Å². The summed E-state index contributed by atoms with van der Waals surface area (Å²) in [6.45, 7) is 8.98. The highest BCUT2D eigenvalue weighted by molar-refractivity contribution is 4.93. The first-order valence-corrected chi connectivity index (χ1v) is 6.05. The Balaban J connectivity index is 1.65. The largest absolute Gasteiger partial charge is 0.316 e. The molecule has 1 fully saturated rings. The molecule has 5 nitrogen and oxygen atoms in total. The van der Waals surface area contributed by atoms with Crippen molar-refractivity contribution >= 4 is 0 Å². The van der Waals surface area contributed by atoms with Crippen LogP contribution in [-0.4, -0.2) is 45.8 Å². The Hall–Kier alpha value is -0.940. The molecule has 0 saturated carbocycles. The Morgan fingerprint density at radius 1 is 1.50 bits per heavy atom. The van der Waals surface area contributed by atoms with E-state index in [1.165, 1.54) is 19.5 Å². The maximum absolute atomic E-state index is 4.16. The van der Waals surface area contributed by atoms with E-state index in [4.69, 9.17) is 0 Å². The molecule has 5 heteroatoms. The predicted octanol–water partition coefficient (Wildman–Crippen LogP) is 0.0933. The zero-order chi connectivity index (χ0) is 11.0. The van der Waals surface area contributed by atoms with E-state index >= 15 is 0 Å². The molecule has 0 amide bonds. The number of rotatable bonds is 2. The van der Waals surface area contributed by atoms with E-state index < -0.39 is 0 Å². The number of nitrogens with one attached hydrogen (secondary N) is 1. The van der Waals surface area contributed by atoms with Crippen LogP contribution in [0.1, 0.15) is 19.2 Å². The molecule has 16 heavy (non-hydrogen) atoms. The van der Waals surface area contributed by atoms with Crippen molar-refractivity contribution in [1.29, 1.82) is 0 Å². The molecular weight excluding hydrogens is 202 g/mol. The molecule has 1 saturated heterocycles. The predicted molar refractivity (Wildman–Crippen MR) is 60.9 cm³/mol. The molecule has 0 bridgehead atoms. The monoisotopic (exact) mass is 221 g/mol. The summed E-state index contributed by atoms with van der Waals surface area (Å²) in [6, 6.07) is 0. The summed E-state index contributed by atoms with van der Waals surface area (Å²) in [4.78, 5) is 2.51. The molecule has 1 unspecified atom stereocenters. The Kier molecular flexibility index (Phi) is 2.44. The van der Waals surface area contributed by atoms with Gasteiger partial charge in [-0.15, -0.1) is 10.2 Å². The van der Waals surface area contributed by atoms with E-state index in [2.05, 4.69) is 31.9 Å². The molecule has 1 atom stereocenters. The standard InChI is InChI=1S/C11H19N5/c1-11(2-3-12-7-11)8-15-4-5-16-9-13-14-10(16)6-15/h9,12H,2-8H2,1H3. The highest BCUT2D eigenvalue weighted by atomic mass is 15.3. The van der Waals surface area contributed by atoms with Crippen LogP contribution in [0.4, 0.5) is 0 Å². The molecule has 0 aliphatic carbocycles. The van der Waals surface area contributed by atoms with Gasteiger partial charge in [0.1, 0.15) is 12.2 Å². The van der Waals surface area contributed by atoms with E-state index in [0.29, 0.717) is 5.41 Å². The molecule has 3 rings (SSSR count). The van der Waals surface area contributed by atoms with E-state index in [9.17, 15) is 0 Å². The zero-order valence-corrected chi connectivity index (χ0v) is 9.82. The molecule has 88 valence electrons. The molecule has 0 aromatic carbocycles. The summed E-state index contributed by atoms with van der Waals surface area (Å²) in [5, 5.41) is 11.6. The summed E-state index contributed by atoms with van der Waals surface area (Å²) in [6.07, 6.45) is 3.13. The average molecular weight is 221 g/mol. The van der Waals surface area contributed by atoms with Crippen LogP contribution in [0.3, 0.4) is 0 Å². The van der Waals surface area contributed by atoms with E-state index in [-0.39, 0.29) is 0 Å². The molecule has 2 aliphatic rings. The van der Waals surface area contributed by atoms with Crippen LogP contribution in [0.25, 0.3) is 0 Å². The first-order valence-electron chi connectivity index (χ1n) is 6.05. The van der Waals surface area contributed by atoms with Crippen LogP contribution >= 0.6 is 0 Å². The normalized spacial score (nSPS) is 30.6. The lowest BCUT2D eigenvalue weighted by Crippen LogP contribution is -2.41. The van der Waals surface area contributed by atoms with Crippen LogP contribution in [0, 0.1) is 5.41 Å². The Morgan fingerprint density at radius 3 is 3.25 bits per heavy atom. The SMILES string of the molecule is CC1(CN2CCn3cnnc3C2)CCNC1. The van der Waals surface area contributed by atoms with Gasteiger partial charge in [-0.3, -0.25) is 4.90 Å². The van der Waals surface area contributed by atoms with Gasteiger partial charge in [0, 0.05) is 26.2 Å². The summed E-state index contributed by atoms with van der Waals surface area (Å²) in [7, 11) is 0. The van der Waals surface area contributed by atoms with Gasteiger partial charge in [0.05, 0.1) is 6.54 Å². The summed E-state index contributed by atoms with van der Waals surface area (Å²) >= 11 is 0. The molecule has 0 radical (unpaired) electrons. The Bertz CT molecular complexity index is 366. The number of hydrogen-bond acceptors (Lipinski definition) is 4. The minimum absolute atomic E-state index is 0.447. The molecule has 1 aromatic heterocycles.